The first-order chi connectivity index (χ1) is 26.4. The first-order valence-corrected chi connectivity index (χ1v) is 21.4. The molecule has 0 spiro atoms. The zero-order valence-electron chi connectivity index (χ0n) is 35.5. The average Bonchev–Trinajstić information content (AvgIpc) is 3.12. The lowest BCUT2D eigenvalue weighted by molar-refractivity contribution is -0.317. The largest absolute Gasteiger partial charge is 0.459 e. The van der Waals surface area contributed by atoms with Crippen LogP contribution < -0.4 is 0 Å². The van der Waals surface area contributed by atoms with E-state index in [1.54, 1.807) is 24.3 Å². The van der Waals surface area contributed by atoms with Crippen LogP contribution in [0.15, 0.2) is 48.5 Å². The Bertz CT molecular complexity index is 1450. The number of ether oxygens (including phenoxy) is 2. The summed E-state index contributed by atoms with van der Waals surface area (Å²) in [6.07, 6.45) is 14.7. The zero-order valence-corrected chi connectivity index (χ0v) is 35.5. The number of carbonyl (C=O) groups is 2. The third-order valence-corrected chi connectivity index (χ3v) is 12.4. The Morgan fingerprint density at radius 2 is 0.839 bits per heavy atom. The van der Waals surface area contributed by atoms with Gasteiger partial charge in [-0.3, -0.25) is 9.68 Å². The predicted molar refractivity (Wildman–Crippen MR) is 217 cm³/mol. The number of benzene rings is 2. The Balaban J connectivity index is 0.958. The summed E-state index contributed by atoms with van der Waals surface area (Å²) in [6, 6.07) is 14.5. The molecule has 0 unspecified atom stereocenters. The molecule has 2 aliphatic heterocycles. The molecule has 4 fully saturated rings. The monoisotopic (exact) mass is 776 g/mol. The minimum Gasteiger partial charge on any atom is -0.459 e. The first kappa shape index (κ1) is 42.7. The van der Waals surface area contributed by atoms with Gasteiger partial charge in [-0.15, -0.1) is 0 Å². The van der Waals surface area contributed by atoms with Crippen molar-refractivity contribution in [1.82, 2.24) is 15.2 Å². The molecule has 6 rings (SSSR count). The van der Waals surface area contributed by atoms with Crippen LogP contribution in [0.25, 0.3) is 0 Å². The minimum atomic E-state index is -0.337. The highest BCUT2D eigenvalue weighted by Crippen LogP contribution is 2.43. The molecule has 2 saturated heterocycles. The van der Waals surface area contributed by atoms with E-state index in [1.807, 2.05) is 24.3 Å². The maximum absolute atomic E-state index is 13.3. The number of hydroxylamine groups is 6. The smallest absolute Gasteiger partial charge is 0.338 e. The second-order valence-corrected chi connectivity index (χ2v) is 19.7. The fourth-order valence-corrected chi connectivity index (χ4v) is 10.1. The summed E-state index contributed by atoms with van der Waals surface area (Å²) in [6.45, 7) is 18.0. The Morgan fingerprint density at radius 3 is 1.14 bits per heavy atom. The van der Waals surface area contributed by atoms with Crippen molar-refractivity contribution in [2.24, 2.45) is 0 Å². The molecule has 1 N–H and O–H groups in total. The van der Waals surface area contributed by atoms with E-state index in [1.165, 1.54) is 43.6 Å². The van der Waals surface area contributed by atoms with E-state index in [-0.39, 0.29) is 71.6 Å². The van der Waals surface area contributed by atoms with Crippen molar-refractivity contribution in [3.8, 4) is 0 Å². The van der Waals surface area contributed by atoms with Crippen LogP contribution in [0.1, 0.15) is 177 Å². The van der Waals surface area contributed by atoms with Gasteiger partial charge in [-0.2, -0.15) is 15.2 Å². The SMILES string of the molecule is CC1(C)CC(OC(=O)c2ccc(CN(O)Cc3ccc(C(=O)OC4CC(C)(C)N(OC5CCCCC5)C(C)(C)C4)cc3)cc2)CC(C)(C)N1OC1CCCCC1. The molecule has 2 heterocycles. The summed E-state index contributed by atoms with van der Waals surface area (Å²) in [5.74, 6) is -0.674. The Morgan fingerprint density at radius 1 is 0.536 bits per heavy atom. The summed E-state index contributed by atoms with van der Waals surface area (Å²) in [5, 5.41) is 16.4. The standard InChI is InChI=1S/C46H69N3O7/c1-43(2)27-39(28-44(3,4)48(43)55-37-15-11-9-12-16-37)53-41(50)35-23-19-33(20-24-35)31-47(52)32-34-21-25-36(26-22-34)42(51)54-40-29-45(5,6)49(46(7,8)30-40)56-38-17-13-10-14-18-38/h19-26,37-40,52H,9-18,27-32H2,1-8H3. The lowest BCUT2D eigenvalue weighted by Crippen LogP contribution is -2.63. The number of carbonyl (C=O) groups excluding carboxylic acids is 2. The van der Waals surface area contributed by atoms with Gasteiger partial charge in [0.1, 0.15) is 12.2 Å². The van der Waals surface area contributed by atoms with Crippen LogP contribution in [0, 0.1) is 0 Å². The molecule has 4 aliphatic rings. The maximum Gasteiger partial charge on any atom is 0.338 e. The minimum absolute atomic E-state index is 0.220. The topological polar surface area (TPSA) is 101 Å². The van der Waals surface area contributed by atoms with Crippen LogP contribution in [0.2, 0.25) is 0 Å². The van der Waals surface area contributed by atoms with Crippen molar-refractivity contribution in [1.29, 1.82) is 0 Å². The molecule has 0 bridgehead atoms. The molecule has 0 amide bonds. The van der Waals surface area contributed by atoms with Crippen molar-refractivity contribution in [2.45, 2.75) is 205 Å². The van der Waals surface area contributed by atoms with Gasteiger partial charge in [0.15, 0.2) is 0 Å². The maximum atomic E-state index is 13.3. The molecule has 56 heavy (non-hydrogen) atoms. The van der Waals surface area contributed by atoms with Crippen LogP contribution in [0.3, 0.4) is 0 Å². The van der Waals surface area contributed by atoms with Gasteiger partial charge in [0.25, 0.3) is 0 Å². The number of hydrogen-bond acceptors (Lipinski definition) is 10. The van der Waals surface area contributed by atoms with Gasteiger partial charge in [-0.05, 0) is 116 Å². The summed E-state index contributed by atoms with van der Waals surface area (Å²) in [4.78, 5) is 39.7. The van der Waals surface area contributed by atoms with Crippen LogP contribution in [0.4, 0.5) is 0 Å². The Hall–Kier alpha value is -2.86. The van der Waals surface area contributed by atoms with Crippen LogP contribution in [0.5, 0.6) is 0 Å². The van der Waals surface area contributed by atoms with E-state index in [9.17, 15) is 14.8 Å². The van der Waals surface area contributed by atoms with Crippen molar-refractivity contribution >= 4 is 11.9 Å². The molecule has 2 saturated carbocycles. The fourth-order valence-electron chi connectivity index (χ4n) is 10.1. The predicted octanol–water partition coefficient (Wildman–Crippen LogP) is 9.96. The highest BCUT2D eigenvalue weighted by atomic mass is 16.7. The number of nitrogens with zero attached hydrogens (tertiary/aromatic N) is 3. The van der Waals surface area contributed by atoms with E-state index < -0.39 is 0 Å². The first-order valence-electron chi connectivity index (χ1n) is 21.4. The molecule has 2 aromatic rings. The normalized spacial score (nSPS) is 23.9. The van der Waals surface area contributed by atoms with E-state index in [4.69, 9.17) is 19.1 Å². The number of rotatable bonds is 12. The van der Waals surface area contributed by atoms with Gasteiger partial charge in [-0.1, -0.05) is 62.8 Å². The summed E-state index contributed by atoms with van der Waals surface area (Å²) < 4.78 is 12.2. The van der Waals surface area contributed by atoms with E-state index in [0.29, 0.717) is 36.8 Å². The van der Waals surface area contributed by atoms with Gasteiger partial charge in [-0.25, -0.2) is 9.59 Å². The molecule has 0 aromatic heterocycles. The average molecular weight is 776 g/mol. The van der Waals surface area contributed by atoms with Crippen molar-refractivity contribution in [3.05, 3.63) is 70.8 Å². The van der Waals surface area contributed by atoms with Gasteiger partial charge >= 0.3 is 11.9 Å². The van der Waals surface area contributed by atoms with Crippen molar-refractivity contribution in [2.75, 3.05) is 0 Å². The van der Waals surface area contributed by atoms with Crippen molar-refractivity contribution in [3.63, 3.8) is 0 Å². The molecule has 2 aliphatic carbocycles. The molecule has 10 heteroatoms. The molecule has 10 nitrogen and oxygen atoms in total. The Kier molecular flexibility index (Phi) is 13.4. The second kappa shape index (κ2) is 17.6. The van der Waals surface area contributed by atoms with Crippen molar-refractivity contribution < 1.29 is 33.9 Å². The molecule has 0 radical (unpaired) electrons. The van der Waals surface area contributed by atoms with Gasteiger partial charge in [0, 0.05) is 60.9 Å². The number of hydrogen-bond donors (Lipinski definition) is 1. The van der Waals surface area contributed by atoms with Crippen LogP contribution in [-0.4, -0.2) is 78.9 Å². The number of esters is 2. The third kappa shape index (κ3) is 10.8. The molecule has 0 atom stereocenters. The van der Waals surface area contributed by atoms with Crippen LogP contribution >= 0.6 is 0 Å². The molecule has 2 aromatic carbocycles. The number of piperidine rings is 2. The molecular weight excluding hydrogens is 707 g/mol. The summed E-state index contributed by atoms with van der Waals surface area (Å²) in [7, 11) is 0. The van der Waals surface area contributed by atoms with E-state index in [0.717, 1.165) is 36.8 Å². The zero-order chi connectivity index (χ0) is 40.3. The highest BCUT2D eigenvalue weighted by Gasteiger charge is 2.50. The fraction of sp³-hybridized carbons (Fsp3) is 0.696. The second-order valence-electron chi connectivity index (χ2n) is 19.7. The van der Waals surface area contributed by atoms with Gasteiger partial charge in [0.2, 0.25) is 0 Å². The third-order valence-electron chi connectivity index (χ3n) is 12.4. The summed E-state index contributed by atoms with van der Waals surface area (Å²) in [5.41, 5.74) is 1.58. The Labute approximate surface area is 336 Å². The van der Waals surface area contributed by atoms with E-state index >= 15 is 0 Å². The quantitative estimate of drug-likeness (QED) is 0.166. The highest BCUT2D eigenvalue weighted by molar-refractivity contribution is 5.90. The molecule has 310 valence electrons. The lowest BCUT2D eigenvalue weighted by atomic mass is 9.80. The lowest BCUT2D eigenvalue weighted by Gasteiger charge is -2.54. The van der Waals surface area contributed by atoms with E-state index in [2.05, 4.69) is 65.5 Å². The molecular formula is C46H69N3O7. The van der Waals surface area contributed by atoms with Crippen LogP contribution in [-0.2, 0) is 32.2 Å². The van der Waals surface area contributed by atoms with Gasteiger partial charge < -0.3 is 14.7 Å². The van der Waals surface area contributed by atoms with Gasteiger partial charge in [0.05, 0.1) is 23.3 Å². The summed E-state index contributed by atoms with van der Waals surface area (Å²) >= 11 is 0.